The third-order valence-electron chi connectivity index (χ3n) is 2.44. The van der Waals surface area contributed by atoms with Crippen LogP contribution in [0.5, 0.6) is 5.88 Å². The predicted molar refractivity (Wildman–Crippen MR) is 66.2 cm³/mol. The van der Waals surface area contributed by atoms with Gasteiger partial charge in [-0.05, 0) is 15.9 Å². The summed E-state index contributed by atoms with van der Waals surface area (Å²) >= 11 is 2.82. The smallest absolute Gasteiger partial charge is 0.401 e. The second kappa shape index (κ2) is 6.33. The highest BCUT2D eigenvalue weighted by Gasteiger charge is 2.62. The molecule has 0 aliphatic heterocycles. The van der Waals surface area contributed by atoms with E-state index < -0.39 is 30.1 Å². The van der Waals surface area contributed by atoms with Crippen molar-refractivity contribution in [2.75, 3.05) is 0 Å². The van der Waals surface area contributed by atoms with Crippen LogP contribution < -0.4 is 4.74 Å². The van der Waals surface area contributed by atoms with Crippen LogP contribution in [0.3, 0.4) is 0 Å². The third kappa shape index (κ3) is 3.47. The molecule has 2 rings (SSSR count). The maximum atomic E-state index is 13.2. The van der Waals surface area contributed by atoms with Gasteiger partial charge in [0, 0.05) is 0 Å². The van der Waals surface area contributed by atoms with Gasteiger partial charge in [0.15, 0.2) is 5.82 Å². The predicted octanol–water partition coefficient (Wildman–Crippen LogP) is 2.26. The molecule has 1 unspecified atom stereocenters. The van der Waals surface area contributed by atoms with Crippen LogP contribution in [-0.2, 0) is 4.79 Å². The van der Waals surface area contributed by atoms with Gasteiger partial charge in [0.05, 0.1) is 0 Å². The van der Waals surface area contributed by atoms with Gasteiger partial charge in [0.1, 0.15) is 23.5 Å². The number of carbonyl (C=O) groups excluding carboxylic acids is 1. The summed E-state index contributed by atoms with van der Waals surface area (Å²) in [5.74, 6) is -9.19. The second-order valence-corrected chi connectivity index (χ2v) is 4.87. The minimum absolute atomic E-state index is 0.110. The minimum Gasteiger partial charge on any atom is -0.401 e. The average Bonchev–Trinajstić information content (AvgIpc) is 3.01. The van der Waals surface area contributed by atoms with E-state index in [1.807, 2.05) is 0 Å². The molecule has 0 spiro atoms. The summed E-state index contributed by atoms with van der Waals surface area (Å²) < 4.78 is 80.3. The lowest BCUT2D eigenvalue weighted by atomic mass is 10.2. The molecule has 130 valence electrons. The number of halogens is 7. The fraction of sp³-hybridized carbons (Fsp3) is 0.300. The standard InChI is InChI=1S/C10H4BrF6N5O2/c11-4-5(22-3-18-1-21-22)19-2-20-6(4)24-8(23)9(13,14)7(12)10(15,16)17/h1-3,7H. The number of hydrogen-bond acceptors (Lipinski definition) is 6. The second-order valence-electron chi connectivity index (χ2n) is 4.07. The number of alkyl halides is 6. The van der Waals surface area contributed by atoms with Gasteiger partial charge in [-0.15, -0.1) is 0 Å². The first kappa shape index (κ1) is 18.1. The van der Waals surface area contributed by atoms with Crippen LogP contribution in [-0.4, -0.2) is 49.0 Å². The van der Waals surface area contributed by atoms with Crippen molar-refractivity contribution in [1.82, 2.24) is 24.7 Å². The molecule has 2 aromatic heterocycles. The van der Waals surface area contributed by atoms with Crippen molar-refractivity contribution in [3.05, 3.63) is 23.5 Å². The van der Waals surface area contributed by atoms with E-state index in [1.54, 1.807) is 0 Å². The van der Waals surface area contributed by atoms with Crippen LogP contribution in [0.25, 0.3) is 5.82 Å². The Balaban J connectivity index is 2.28. The minimum atomic E-state index is -5.95. The van der Waals surface area contributed by atoms with Crippen LogP contribution in [0.2, 0.25) is 0 Å². The Morgan fingerprint density at radius 2 is 1.88 bits per heavy atom. The topological polar surface area (TPSA) is 82.8 Å². The van der Waals surface area contributed by atoms with Gasteiger partial charge in [0.25, 0.3) is 6.17 Å². The van der Waals surface area contributed by atoms with Crippen molar-refractivity contribution in [2.24, 2.45) is 0 Å². The summed E-state index contributed by atoms with van der Waals surface area (Å²) in [6.45, 7) is 0. The summed E-state index contributed by atoms with van der Waals surface area (Å²) in [5.41, 5.74) is 0. The van der Waals surface area contributed by atoms with Gasteiger partial charge < -0.3 is 4.74 Å². The maximum Gasteiger partial charge on any atom is 0.426 e. The van der Waals surface area contributed by atoms with Gasteiger partial charge in [0.2, 0.25) is 5.88 Å². The Bertz CT molecular complexity index is 738. The molecule has 7 nitrogen and oxygen atoms in total. The van der Waals surface area contributed by atoms with Gasteiger partial charge in [-0.1, -0.05) is 0 Å². The van der Waals surface area contributed by atoms with Gasteiger partial charge in [-0.3, -0.25) is 0 Å². The summed E-state index contributed by atoms with van der Waals surface area (Å²) in [4.78, 5) is 21.9. The first-order valence-corrected chi connectivity index (χ1v) is 6.50. The summed E-state index contributed by atoms with van der Waals surface area (Å²) in [6, 6.07) is 0. The molecule has 2 aromatic rings. The summed E-state index contributed by atoms with van der Waals surface area (Å²) in [7, 11) is 0. The molecule has 0 saturated carbocycles. The fourth-order valence-electron chi connectivity index (χ4n) is 1.36. The van der Waals surface area contributed by atoms with Crippen LogP contribution >= 0.6 is 15.9 Å². The Hall–Kier alpha value is -2.25. The number of aromatic nitrogens is 5. The van der Waals surface area contributed by atoms with E-state index >= 15 is 0 Å². The van der Waals surface area contributed by atoms with E-state index in [-0.39, 0.29) is 10.3 Å². The number of hydrogen-bond donors (Lipinski definition) is 0. The zero-order valence-electron chi connectivity index (χ0n) is 11.0. The van der Waals surface area contributed by atoms with Gasteiger partial charge >= 0.3 is 18.1 Å². The van der Waals surface area contributed by atoms with Crippen molar-refractivity contribution in [3.8, 4) is 11.7 Å². The van der Waals surface area contributed by atoms with Crippen LogP contribution in [0.15, 0.2) is 23.5 Å². The maximum absolute atomic E-state index is 13.2. The number of carbonyl (C=O) groups is 1. The Kier molecular flexibility index (Phi) is 4.77. The van der Waals surface area contributed by atoms with Gasteiger partial charge in [-0.2, -0.15) is 27.1 Å². The normalized spacial score (nSPS) is 13.6. The molecule has 0 aliphatic carbocycles. The molecule has 14 heteroatoms. The van der Waals surface area contributed by atoms with E-state index in [4.69, 9.17) is 0 Å². The lowest BCUT2D eigenvalue weighted by Gasteiger charge is -2.20. The third-order valence-corrected chi connectivity index (χ3v) is 3.14. The Labute approximate surface area is 136 Å². The molecule has 0 N–H and O–H groups in total. The molecular formula is C10H4BrF6N5O2. The largest absolute Gasteiger partial charge is 0.426 e. The van der Waals surface area contributed by atoms with E-state index in [9.17, 15) is 31.1 Å². The summed E-state index contributed by atoms with van der Waals surface area (Å²) in [5, 5.41) is 3.66. The van der Waals surface area contributed by atoms with E-state index in [1.165, 1.54) is 0 Å². The molecule has 1 atom stereocenters. The monoisotopic (exact) mass is 419 g/mol. The van der Waals surface area contributed by atoms with E-state index in [2.05, 4.69) is 40.7 Å². The molecule has 2 heterocycles. The summed E-state index contributed by atoms with van der Waals surface area (Å²) in [6.07, 6.45) is -7.66. The molecule has 0 aromatic carbocycles. The van der Waals surface area contributed by atoms with Crippen molar-refractivity contribution in [2.45, 2.75) is 18.3 Å². The van der Waals surface area contributed by atoms with Crippen molar-refractivity contribution < 1.29 is 35.9 Å². The molecule has 0 amide bonds. The molecule has 24 heavy (non-hydrogen) atoms. The molecule has 0 saturated heterocycles. The number of nitrogens with zero attached hydrogens (tertiary/aromatic N) is 5. The first-order valence-electron chi connectivity index (χ1n) is 5.71. The molecular weight excluding hydrogens is 416 g/mol. The fourth-order valence-corrected chi connectivity index (χ4v) is 1.83. The zero-order chi connectivity index (χ0) is 18.1. The first-order chi connectivity index (χ1) is 11.0. The highest BCUT2D eigenvalue weighted by atomic mass is 79.9. The van der Waals surface area contributed by atoms with Crippen molar-refractivity contribution >= 4 is 21.9 Å². The lowest BCUT2D eigenvalue weighted by molar-refractivity contribution is -0.246. The quantitative estimate of drug-likeness (QED) is 0.558. The van der Waals surface area contributed by atoms with Crippen LogP contribution in [0, 0.1) is 0 Å². The van der Waals surface area contributed by atoms with Crippen molar-refractivity contribution in [3.63, 3.8) is 0 Å². The number of esters is 1. The van der Waals surface area contributed by atoms with Gasteiger partial charge in [-0.25, -0.2) is 28.8 Å². The molecule has 0 bridgehead atoms. The van der Waals surface area contributed by atoms with E-state index in [0.29, 0.717) is 0 Å². The zero-order valence-corrected chi connectivity index (χ0v) is 12.6. The number of ether oxygens (including phenoxy) is 1. The lowest BCUT2D eigenvalue weighted by Crippen LogP contribution is -2.49. The molecule has 0 fully saturated rings. The average molecular weight is 420 g/mol. The Morgan fingerprint density at radius 1 is 1.21 bits per heavy atom. The van der Waals surface area contributed by atoms with Crippen LogP contribution in [0.1, 0.15) is 0 Å². The van der Waals surface area contributed by atoms with Crippen LogP contribution in [0.4, 0.5) is 26.3 Å². The molecule has 0 radical (unpaired) electrons. The highest BCUT2D eigenvalue weighted by Crippen LogP contribution is 2.36. The van der Waals surface area contributed by atoms with E-state index in [0.717, 1.165) is 23.7 Å². The SMILES string of the molecule is O=C(Oc1ncnc(-n2cncn2)c1Br)C(F)(F)C(F)C(F)(F)F. The number of rotatable bonds is 4. The highest BCUT2D eigenvalue weighted by molar-refractivity contribution is 9.10. The molecule has 0 aliphatic rings. The van der Waals surface area contributed by atoms with Crippen molar-refractivity contribution in [1.29, 1.82) is 0 Å². The Morgan fingerprint density at radius 3 is 2.42 bits per heavy atom.